The van der Waals surface area contributed by atoms with E-state index in [9.17, 15) is 19.5 Å². The van der Waals surface area contributed by atoms with Crippen molar-refractivity contribution in [2.24, 2.45) is 5.92 Å². The predicted molar refractivity (Wildman–Crippen MR) is 159 cm³/mol. The molecule has 8 nitrogen and oxygen atoms in total. The van der Waals surface area contributed by atoms with Crippen molar-refractivity contribution in [3.05, 3.63) is 107 Å². The molecule has 9 heteroatoms. The van der Waals surface area contributed by atoms with Gasteiger partial charge < -0.3 is 30.6 Å². The average molecular weight is 580 g/mol. The summed E-state index contributed by atoms with van der Waals surface area (Å²) in [6.45, 7) is 4.02. The molecule has 4 atom stereocenters. The van der Waals surface area contributed by atoms with Gasteiger partial charge in [-0.05, 0) is 54.0 Å². The van der Waals surface area contributed by atoms with Gasteiger partial charge in [-0.3, -0.25) is 0 Å². The van der Waals surface area contributed by atoms with Gasteiger partial charge in [-0.25, -0.2) is 9.59 Å². The van der Waals surface area contributed by atoms with Crippen molar-refractivity contribution < 1.29 is 24.2 Å². The first-order chi connectivity index (χ1) is 19.7. The molecule has 0 spiro atoms. The molecule has 0 fully saturated rings. The van der Waals surface area contributed by atoms with Crippen LogP contribution in [0.5, 0.6) is 0 Å². The molecule has 3 amide bonds. The Bertz CT molecular complexity index is 1230. The number of alkyl carbamates (subject to hydrolysis) is 1. The smallest absolute Gasteiger partial charge is 0.407 e. The van der Waals surface area contributed by atoms with Gasteiger partial charge in [0.1, 0.15) is 12.9 Å². The second-order valence-electron chi connectivity index (χ2n) is 10.4. The zero-order valence-corrected chi connectivity index (χ0v) is 24.1. The molecule has 3 aromatic rings. The second-order valence-corrected chi connectivity index (χ2v) is 10.8. The highest BCUT2D eigenvalue weighted by molar-refractivity contribution is 6.30. The quantitative estimate of drug-likeness (QED) is 0.186. The molecule has 0 saturated carbocycles. The third-order valence-electron chi connectivity index (χ3n) is 6.54. The van der Waals surface area contributed by atoms with Crippen LogP contribution in [-0.2, 0) is 22.6 Å². The van der Waals surface area contributed by atoms with Crippen molar-refractivity contribution in [3.63, 3.8) is 0 Å². The first-order valence-corrected chi connectivity index (χ1v) is 14.1. The lowest BCUT2D eigenvalue weighted by Crippen LogP contribution is -2.48. The number of hydrogen-bond donors (Lipinski definition) is 4. The number of aliphatic hydroxyl groups excluding tert-OH is 1. The molecule has 41 heavy (non-hydrogen) atoms. The normalized spacial score (nSPS) is 13.9. The van der Waals surface area contributed by atoms with Gasteiger partial charge in [-0.1, -0.05) is 98.2 Å². The number of aldehydes is 1. The summed E-state index contributed by atoms with van der Waals surface area (Å²) in [6, 6.07) is 23.2. The fourth-order valence-corrected chi connectivity index (χ4v) is 4.60. The summed E-state index contributed by atoms with van der Waals surface area (Å²) in [5.41, 5.74) is 2.46. The lowest BCUT2D eigenvalue weighted by Gasteiger charge is -2.29. The number of benzene rings is 3. The summed E-state index contributed by atoms with van der Waals surface area (Å²) >= 11 is 6.09. The van der Waals surface area contributed by atoms with E-state index in [-0.39, 0.29) is 18.9 Å². The van der Waals surface area contributed by atoms with Gasteiger partial charge in [0.2, 0.25) is 0 Å². The highest BCUT2D eigenvalue weighted by Gasteiger charge is 2.28. The zero-order valence-electron chi connectivity index (χ0n) is 23.3. The molecule has 0 aliphatic heterocycles. The third-order valence-corrected chi connectivity index (χ3v) is 6.79. The maximum absolute atomic E-state index is 12.9. The van der Waals surface area contributed by atoms with Gasteiger partial charge in [0.25, 0.3) is 0 Å². The van der Waals surface area contributed by atoms with Crippen LogP contribution in [0, 0.1) is 5.92 Å². The van der Waals surface area contributed by atoms with E-state index < -0.39 is 36.4 Å². The van der Waals surface area contributed by atoms with Gasteiger partial charge in [-0.15, -0.1) is 0 Å². The summed E-state index contributed by atoms with van der Waals surface area (Å²) < 4.78 is 5.41. The molecule has 4 N–H and O–H groups in total. The Morgan fingerprint density at radius 3 is 2.05 bits per heavy atom. The fourth-order valence-electron chi connectivity index (χ4n) is 4.47. The average Bonchev–Trinajstić information content (AvgIpc) is 2.96. The predicted octanol–water partition coefficient (Wildman–Crippen LogP) is 5.58. The Morgan fingerprint density at radius 1 is 0.854 bits per heavy atom. The van der Waals surface area contributed by atoms with E-state index in [4.69, 9.17) is 16.3 Å². The number of amides is 3. The standard InChI is InChI=1S/C32H38ClN3O5/c1-22(2)17-27(20-37)34-31(39)35-28(25-13-15-26(33)16-14-25)19-30(38)29(18-23-9-5-3-6-10-23)36-32(40)41-21-24-11-7-4-8-12-24/h3-16,20,22,27-30,38H,17-19,21H2,1-2H3,(H,36,40)(H2,34,35,39)/t27-,28?,29?,30?/m0/s1. The summed E-state index contributed by atoms with van der Waals surface area (Å²) in [4.78, 5) is 37.2. The second kappa shape index (κ2) is 16.4. The minimum Gasteiger partial charge on any atom is -0.445 e. The first kappa shape index (κ1) is 31.6. The molecule has 3 unspecified atom stereocenters. The molecule has 0 bridgehead atoms. The number of halogens is 1. The number of urea groups is 1. The number of ether oxygens (including phenoxy) is 1. The number of aliphatic hydroxyl groups is 1. The zero-order chi connectivity index (χ0) is 29.6. The molecule has 3 aromatic carbocycles. The van der Waals surface area contributed by atoms with Crippen LogP contribution in [0.15, 0.2) is 84.9 Å². The molecule has 0 aromatic heterocycles. The van der Waals surface area contributed by atoms with Crippen LogP contribution in [0.25, 0.3) is 0 Å². The number of carbonyl (C=O) groups is 3. The molecule has 0 saturated heterocycles. The maximum atomic E-state index is 12.9. The fraction of sp³-hybridized carbons (Fsp3) is 0.344. The van der Waals surface area contributed by atoms with Gasteiger partial charge in [0, 0.05) is 5.02 Å². The molecule has 3 rings (SSSR count). The van der Waals surface area contributed by atoms with E-state index in [0.29, 0.717) is 29.7 Å². The molecule has 218 valence electrons. The Hall–Kier alpha value is -3.88. The minimum atomic E-state index is -1.07. The summed E-state index contributed by atoms with van der Waals surface area (Å²) in [7, 11) is 0. The largest absolute Gasteiger partial charge is 0.445 e. The van der Waals surface area contributed by atoms with Crippen LogP contribution < -0.4 is 16.0 Å². The van der Waals surface area contributed by atoms with Crippen LogP contribution in [0.1, 0.15) is 49.4 Å². The summed E-state index contributed by atoms with van der Waals surface area (Å²) in [5.74, 6) is 0.214. The molecular weight excluding hydrogens is 542 g/mol. The van der Waals surface area contributed by atoms with Crippen LogP contribution in [-0.4, -0.2) is 41.7 Å². The Kier molecular flexibility index (Phi) is 12.7. The number of hydrogen-bond acceptors (Lipinski definition) is 5. The van der Waals surface area contributed by atoms with Crippen molar-refractivity contribution in [1.82, 2.24) is 16.0 Å². The first-order valence-electron chi connectivity index (χ1n) is 13.7. The summed E-state index contributed by atoms with van der Waals surface area (Å²) in [5, 5.41) is 20.4. The minimum absolute atomic E-state index is 0.0709. The molecule has 0 radical (unpaired) electrons. The number of rotatable bonds is 14. The monoisotopic (exact) mass is 579 g/mol. The lowest BCUT2D eigenvalue weighted by atomic mass is 9.93. The van der Waals surface area contributed by atoms with Gasteiger partial charge in [0.05, 0.1) is 24.2 Å². The van der Waals surface area contributed by atoms with Gasteiger partial charge in [0.15, 0.2) is 0 Å². The van der Waals surface area contributed by atoms with E-state index in [1.165, 1.54) is 0 Å². The van der Waals surface area contributed by atoms with E-state index in [1.54, 1.807) is 24.3 Å². The highest BCUT2D eigenvalue weighted by atomic mass is 35.5. The van der Waals surface area contributed by atoms with Crippen molar-refractivity contribution in [2.45, 2.75) is 63.9 Å². The van der Waals surface area contributed by atoms with Crippen LogP contribution in [0.4, 0.5) is 9.59 Å². The lowest BCUT2D eigenvalue weighted by molar-refractivity contribution is -0.109. The molecular formula is C32H38ClN3O5. The molecule has 0 heterocycles. The van der Waals surface area contributed by atoms with Crippen LogP contribution in [0.3, 0.4) is 0 Å². The van der Waals surface area contributed by atoms with Crippen LogP contribution in [0.2, 0.25) is 5.02 Å². The SMILES string of the molecule is CC(C)C[C@@H](C=O)NC(=O)NC(CC(O)C(Cc1ccccc1)NC(=O)OCc1ccccc1)c1ccc(Cl)cc1. The Labute approximate surface area is 246 Å². The Morgan fingerprint density at radius 2 is 1.46 bits per heavy atom. The van der Waals surface area contributed by atoms with E-state index in [1.807, 2.05) is 74.5 Å². The van der Waals surface area contributed by atoms with Gasteiger partial charge >= 0.3 is 12.1 Å². The van der Waals surface area contributed by atoms with Crippen molar-refractivity contribution in [3.8, 4) is 0 Å². The third kappa shape index (κ3) is 11.3. The van der Waals surface area contributed by atoms with Gasteiger partial charge in [-0.2, -0.15) is 0 Å². The maximum Gasteiger partial charge on any atom is 0.407 e. The molecule has 0 aliphatic rings. The van der Waals surface area contributed by atoms with E-state index >= 15 is 0 Å². The van der Waals surface area contributed by atoms with Crippen LogP contribution >= 0.6 is 11.6 Å². The number of carbonyl (C=O) groups excluding carboxylic acids is 3. The molecule has 0 aliphatic carbocycles. The Balaban J connectivity index is 1.76. The highest BCUT2D eigenvalue weighted by Crippen LogP contribution is 2.23. The van der Waals surface area contributed by atoms with Crippen molar-refractivity contribution in [2.75, 3.05) is 0 Å². The van der Waals surface area contributed by atoms with Crippen molar-refractivity contribution in [1.29, 1.82) is 0 Å². The summed E-state index contributed by atoms with van der Waals surface area (Å²) in [6.07, 6.45) is -0.111. The van der Waals surface area contributed by atoms with E-state index in [0.717, 1.165) is 11.1 Å². The van der Waals surface area contributed by atoms with E-state index in [2.05, 4.69) is 16.0 Å². The number of nitrogens with one attached hydrogen (secondary N) is 3. The van der Waals surface area contributed by atoms with Crippen molar-refractivity contribution >= 4 is 30.0 Å². The topological polar surface area (TPSA) is 117 Å².